The number of hydrogen-bond donors (Lipinski definition) is 1. The molecule has 7 nitrogen and oxygen atoms in total. The Bertz CT molecular complexity index is 1640. The molecule has 1 aliphatic heterocycles. The number of hydrogen-bond acceptors (Lipinski definition) is 4. The molecule has 2 aromatic carbocycles. The number of carbonyl (C=O) groups is 1. The summed E-state index contributed by atoms with van der Waals surface area (Å²) in [7, 11) is 0. The summed E-state index contributed by atoms with van der Waals surface area (Å²) in [6, 6.07) is 15.1. The number of fused-ring (bicyclic) bond motifs is 1. The van der Waals surface area contributed by atoms with E-state index in [1.165, 1.54) is 0 Å². The second-order valence-corrected chi connectivity index (χ2v) is 8.98. The Balaban J connectivity index is 1.68. The average Bonchev–Trinajstić information content (AvgIpc) is 3.48. The predicted octanol–water partition coefficient (Wildman–Crippen LogP) is 4.60. The van der Waals surface area contributed by atoms with Crippen molar-refractivity contribution in [3.05, 3.63) is 106 Å². The molecule has 0 atom stereocenters. The Morgan fingerprint density at radius 1 is 1.11 bits per heavy atom. The van der Waals surface area contributed by atoms with E-state index in [0.717, 1.165) is 27.6 Å². The number of benzene rings is 2. The Labute approximate surface area is 201 Å². The highest BCUT2D eigenvalue weighted by atomic mass is 16.5. The van der Waals surface area contributed by atoms with E-state index in [1.807, 2.05) is 90.2 Å². The quantitative estimate of drug-likeness (QED) is 0.386. The van der Waals surface area contributed by atoms with Crippen molar-refractivity contribution in [1.29, 1.82) is 0 Å². The highest BCUT2D eigenvalue weighted by Crippen LogP contribution is 2.38. The topological polar surface area (TPSA) is 81.9 Å². The summed E-state index contributed by atoms with van der Waals surface area (Å²) in [5, 5.41) is 5.40. The first-order valence-electron chi connectivity index (χ1n) is 11.6. The Morgan fingerprint density at radius 3 is 2.66 bits per heavy atom. The van der Waals surface area contributed by atoms with Gasteiger partial charge in [-0.3, -0.25) is 14.3 Å². The summed E-state index contributed by atoms with van der Waals surface area (Å²) >= 11 is 0. The summed E-state index contributed by atoms with van der Waals surface area (Å²) in [5.41, 5.74) is 5.90. The zero-order chi connectivity index (χ0) is 24.1. The predicted molar refractivity (Wildman–Crippen MR) is 134 cm³/mol. The van der Waals surface area contributed by atoms with Crippen LogP contribution in [0.3, 0.4) is 0 Å². The smallest absolute Gasteiger partial charge is 0.272 e. The minimum atomic E-state index is -0.211. The van der Waals surface area contributed by atoms with Crippen molar-refractivity contribution in [1.82, 2.24) is 19.3 Å². The van der Waals surface area contributed by atoms with Crippen molar-refractivity contribution < 1.29 is 9.53 Å². The van der Waals surface area contributed by atoms with Gasteiger partial charge in [-0.2, -0.15) is 5.10 Å². The van der Waals surface area contributed by atoms with Crippen LogP contribution < -0.4 is 5.56 Å². The molecular formula is C28H24N4O3. The normalized spacial score (nSPS) is 13.8. The summed E-state index contributed by atoms with van der Waals surface area (Å²) < 4.78 is 9.11. The van der Waals surface area contributed by atoms with Gasteiger partial charge < -0.3 is 14.3 Å². The molecule has 0 saturated carbocycles. The maximum Gasteiger partial charge on any atom is 0.272 e. The number of nitrogens with zero attached hydrogens (tertiary/aromatic N) is 3. The number of aromatic amines is 1. The maximum atomic E-state index is 13.9. The fourth-order valence-corrected chi connectivity index (χ4v) is 4.75. The summed E-state index contributed by atoms with van der Waals surface area (Å²) in [6.07, 6.45) is 7.33. The van der Waals surface area contributed by atoms with Gasteiger partial charge in [0.2, 0.25) is 0 Å². The van der Waals surface area contributed by atoms with E-state index in [1.54, 1.807) is 6.20 Å². The summed E-state index contributed by atoms with van der Waals surface area (Å²) in [4.78, 5) is 29.6. The first-order valence-corrected chi connectivity index (χ1v) is 11.6. The first kappa shape index (κ1) is 21.3. The fraction of sp³-hybridized carbons (Fsp3) is 0.179. The highest BCUT2D eigenvalue weighted by molar-refractivity contribution is 6.13. The monoisotopic (exact) mass is 464 g/mol. The minimum absolute atomic E-state index is 0.0982. The Kier molecular flexibility index (Phi) is 5.00. The van der Waals surface area contributed by atoms with Gasteiger partial charge in [0.15, 0.2) is 5.78 Å². The number of rotatable bonds is 5. The lowest BCUT2D eigenvalue weighted by molar-refractivity contribution is -0.0286. The lowest BCUT2D eigenvalue weighted by Crippen LogP contribution is -2.30. The Hall–Kier alpha value is -4.23. The minimum Gasteiger partial charge on any atom is -0.377 e. The molecule has 0 radical (unpaired) electrons. The van der Waals surface area contributed by atoms with Gasteiger partial charge in [-0.1, -0.05) is 30.3 Å². The number of H-pyrrole nitrogens is 1. The van der Waals surface area contributed by atoms with Crippen LogP contribution in [0.4, 0.5) is 0 Å². The third-order valence-electron chi connectivity index (χ3n) is 6.84. The van der Waals surface area contributed by atoms with Crippen LogP contribution in [0.1, 0.15) is 33.1 Å². The van der Waals surface area contributed by atoms with Crippen LogP contribution in [-0.4, -0.2) is 38.3 Å². The molecular weight excluding hydrogens is 440 g/mol. The SMILES string of the molecule is Cc1cc(C(=O)c2ccccc2)c(-n2ccc3cc[nH]c(=O)c32)c(-c2cnn(C3COC3)c2)c1C. The number of ketones is 1. The van der Waals surface area contributed by atoms with Gasteiger partial charge in [0.05, 0.1) is 31.1 Å². The molecule has 6 rings (SSSR count). The van der Waals surface area contributed by atoms with Crippen LogP contribution in [0, 0.1) is 13.8 Å². The van der Waals surface area contributed by atoms with Gasteiger partial charge >= 0.3 is 0 Å². The maximum absolute atomic E-state index is 13.9. The molecule has 0 unspecified atom stereocenters. The van der Waals surface area contributed by atoms with Gasteiger partial charge in [-0.25, -0.2) is 0 Å². The number of aromatic nitrogens is 4. The van der Waals surface area contributed by atoms with E-state index in [0.29, 0.717) is 35.5 Å². The summed E-state index contributed by atoms with van der Waals surface area (Å²) in [5.74, 6) is -0.0982. The second kappa shape index (κ2) is 8.21. The number of carbonyl (C=O) groups excluding carboxylic acids is 1. The number of nitrogens with one attached hydrogen (secondary N) is 1. The number of aryl methyl sites for hydroxylation is 1. The molecule has 0 aliphatic carbocycles. The van der Waals surface area contributed by atoms with Gasteiger partial charge in [0.25, 0.3) is 5.56 Å². The molecule has 5 aromatic rings. The van der Waals surface area contributed by atoms with Crippen LogP contribution in [0.5, 0.6) is 0 Å². The molecule has 0 spiro atoms. The molecule has 1 N–H and O–H groups in total. The van der Waals surface area contributed by atoms with Crippen molar-refractivity contribution in [3.63, 3.8) is 0 Å². The zero-order valence-corrected chi connectivity index (χ0v) is 19.5. The fourth-order valence-electron chi connectivity index (χ4n) is 4.75. The average molecular weight is 465 g/mol. The molecule has 35 heavy (non-hydrogen) atoms. The van der Waals surface area contributed by atoms with Crippen molar-refractivity contribution in [3.8, 4) is 16.8 Å². The summed E-state index contributed by atoms with van der Waals surface area (Å²) in [6.45, 7) is 5.33. The third kappa shape index (κ3) is 3.43. The number of pyridine rings is 1. The van der Waals surface area contributed by atoms with E-state index in [2.05, 4.69) is 10.1 Å². The Morgan fingerprint density at radius 2 is 1.91 bits per heavy atom. The van der Waals surface area contributed by atoms with Crippen LogP contribution in [-0.2, 0) is 4.74 Å². The lowest BCUT2D eigenvalue weighted by atomic mass is 9.90. The third-order valence-corrected chi connectivity index (χ3v) is 6.84. The van der Waals surface area contributed by atoms with Gasteiger partial charge in [0.1, 0.15) is 5.52 Å². The molecule has 174 valence electrons. The van der Waals surface area contributed by atoms with Crippen molar-refractivity contribution in [2.45, 2.75) is 19.9 Å². The highest BCUT2D eigenvalue weighted by Gasteiger charge is 2.26. The van der Waals surface area contributed by atoms with E-state index >= 15 is 0 Å². The zero-order valence-electron chi connectivity index (χ0n) is 19.5. The van der Waals surface area contributed by atoms with E-state index in [4.69, 9.17) is 4.74 Å². The van der Waals surface area contributed by atoms with E-state index < -0.39 is 0 Å². The molecule has 3 aromatic heterocycles. The molecule has 1 fully saturated rings. The van der Waals surface area contributed by atoms with Crippen molar-refractivity contribution in [2.75, 3.05) is 13.2 Å². The molecule has 0 amide bonds. The molecule has 0 bridgehead atoms. The van der Waals surface area contributed by atoms with Crippen molar-refractivity contribution in [2.24, 2.45) is 0 Å². The standard InChI is InChI=1S/C28H24N4O3/c1-17-12-23(27(33)20-6-4-3-5-7-20)26(31-11-9-19-8-10-29-28(34)25(19)31)24(18(17)2)21-13-30-32(14-21)22-15-35-16-22/h3-14,22H,15-16H2,1-2H3,(H,29,34). The molecule has 7 heteroatoms. The van der Waals surface area contributed by atoms with Crippen LogP contribution in [0.15, 0.2) is 78.1 Å². The van der Waals surface area contributed by atoms with Gasteiger partial charge in [0, 0.05) is 46.2 Å². The van der Waals surface area contributed by atoms with Gasteiger partial charge in [-0.05, 0) is 43.2 Å². The van der Waals surface area contributed by atoms with Crippen LogP contribution in [0.2, 0.25) is 0 Å². The largest absolute Gasteiger partial charge is 0.377 e. The van der Waals surface area contributed by atoms with Gasteiger partial charge in [-0.15, -0.1) is 0 Å². The molecule has 1 saturated heterocycles. The molecule has 4 heterocycles. The van der Waals surface area contributed by atoms with Crippen LogP contribution in [0.25, 0.3) is 27.7 Å². The van der Waals surface area contributed by atoms with E-state index in [-0.39, 0.29) is 17.4 Å². The number of ether oxygens (including phenoxy) is 1. The second-order valence-electron chi connectivity index (χ2n) is 8.98. The lowest BCUT2D eigenvalue weighted by Gasteiger charge is -2.26. The molecule has 1 aliphatic rings. The van der Waals surface area contributed by atoms with Crippen molar-refractivity contribution >= 4 is 16.7 Å². The van der Waals surface area contributed by atoms with Crippen LogP contribution >= 0.6 is 0 Å². The first-order chi connectivity index (χ1) is 17.0. The van der Waals surface area contributed by atoms with E-state index in [9.17, 15) is 9.59 Å².